The minimum atomic E-state index is 0.623. The van der Waals surface area contributed by atoms with Gasteiger partial charge >= 0.3 is 0 Å². The van der Waals surface area contributed by atoms with Gasteiger partial charge in [0.25, 0.3) is 0 Å². The topological polar surface area (TPSA) is 51.4 Å². The van der Waals surface area contributed by atoms with Crippen molar-refractivity contribution in [2.45, 2.75) is 13.5 Å². The van der Waals surface area contributed by atoms with Gasteiger partial charge in [0.1, 0.15) is 5.82 Å². The van der Waals surface area contributed by atoms with Crippen LogP contribution in [-0.4, -0.2) is 24.1 Å². The first kappa shape index (κ1) is 11.2. The highest BCUT2D eigenvalue weighted by Crippen LogP contribution is 2.14. The van der Waals surface area contributed by atoms with E-state index in [1.54, 1.807) is 6.20 Å². The van der Waals surface area contributed by atoms with E-state index in [9.17, 15) is 0 Å². The normalized spacial score (nSPS) is 11.2. The van der Waals surface area contributed by atoms with Crippen molar-refractivity contribution in [2.24, 2.45) is 7.05 Å². The van der Waals surface area contributed by atoms with Crippen LogP contribution in [0.1, 0.15) is 11.4 Å². The van der Waals surface area contributed by atoms with Crippen molar-refractivity contribution in [1.29, 1.82) is 0 Å². The minimum absolute atomic E-state index is 0.623. The second-order valence-electron chi connectivity index (χ2n) is 4.35. The summed E-state index contributed by atoms with van der Waals surface area (Å²) in [6, 6.07) is 2.05. The van der Waals surface area contributed by atoms with Crippen molar-refractivity contribution in [3.8, 4) is 0 Å². The lowest BCUT2D eigenvalue weighted by atomic mass is 10.3. The van der Waals surface area contributed by atoms with Gasteiger partial charge in [0.05, 0.1) is 12.1 Å². The average molecular weight is 259 g/mol. The zero-order valence-electron chi connectivity index (χ0n) is 10.2. The smallest absolute Gasteiger partial charge is 0.179 e. The van der Waals surface area contributed by atoms with Gasteiger partial charge in [-0.05, 0) is 30.8 Å². The lowest BCUT2D eigenvalue weighted by Crippen LogP contribution is -2.06. The summed E-state index contributed by atoms with van der Waals surface area (Å²) >= 11 is 5.34. The van der Waals surface area contributed by atoms with Gasteiger partial charge < -0.3 is 9.55 Å². The van der Waals surface area contributed by atoms with E-state index >= 15 is 0 Å². The summed E-state index contributed by atoms with van der Waals surface area (Å²) < 4.78 is 4.62. The number of hydrogen-bond acceptors (Lipinski definition) is 3. The van der Waals surface area contributed by atoms with Crippen LogP contribution in [0.5, 0.6) is 0 Å². The van der Waals surface area contributed by atoms with E-state index in [0.29, 0.717) is 11.3 Å². The van der Waals surface area contributed by atoms with Gasteiger partial charge in [0, 0.05) is 25.6 Å². The fourth-order valence-corrected chi connectivity index (χ4v) is 2.25. The fourth-order valence-electron chi connectivity index (χ4n) is 1.98. The van der Waals surface area contributed by atoms with Crippen molar-refractivity contribution in [2.75, 3.05) is 0 Å². The molecule has 0 radical (unpaired) electrons. The number of rotatable bonds is 2. The monoisotopic (exact) mass is 259 g/mol. The summed E-state index contributed by atoms with van der Waals surface area (Å²) in [5.41, 5.74) is 2.95. The van der Waals surface area contributed by atoms with Crippen LogP contribution in [0.15, 0.2) is 24.7 Å². The van der Waals surface area contributed by atoms with Crippen LogP contribution in [0.3, 0.4) is 0 Å². The first-order valence-corrected chi connectivity index (χ1v) is 6.07. The molecule has 0 unspecified atom stereocenters. The Balaban J connectivity index is 2.15. The molecule has 0 fully saturated rings. The SMILES string of the molecule is Cc1cnc2c(c1)[nH]c(=S)n2Cc1nccn1C. The number of nitrogens with one attached hydrogen (secondary N) is 1. The standard InChI is InChI=1S/C12H13N5S/c1-8-5-9-11(14-6-8)17(12(18)15-9)7-10-13-3-4-16(10)2/h3-6H,7H2,1-2H3,(H,15,18). The number of hydrogen-bond donors (Lipinski definition) is 1. The molecule has 5 nitrogen and oxygen atoms in total. The van der Waals surface area contributed by atoms with Crippen LogP contribution >= 0.6 is 12.2 Å². The first-order valence-electron chi connectivity index (χ1n) is 5.66. The lowest BCUT2D eigenvalue weighted by molar-refractivity contribution is 0.702. The van der Waals surface area contributed by atoms with Crippen LogP contribution < -0.4 is 0 Å². The maximum Gasteiger partial charge on any atom is 0.179 e. The predicted molar refractivity (Wildman–Crippen MR) is 72.0 cm³/mol. The highest BCUT2D eigenvalue weighted by atomic mass is 32.1. The van der Waals surface area contributed by atoms with Gasteiger partial charge in [0.15, 0.2) is 10.4 Å². The Kier molecular flexibility index (Phi) is 2.52. The van der Waals surface area contributed by atoms with Gasteiger partial charge in [-0.3, -0.25) is 4.57 Å². The van der Waals surface area contributed by atoms with Gasteiger partial charge in [-0.15, -0.1) is 0 Å². The average Bonchev–Trinajstić information content (AvgIpc) is 2.85. The molecule has 3 rings (SSSR count). The number of fused-ring (bicyclic) bond motifs is 1. The van der Waals surface area contributed by atoms with Crippen LogP contribution in [0.4, 0.5) is 0 Å². The fraction of sp³-hybridized carbons (Fsp3) is 0.250. The third-order valence-electron chi connectivity index (χ3n) is 2.97. The summed E-state index contributed by atoms with van der Waals surface area (Å²) in [6.45, 7) is 2.64. The van der Waals surface area contributed by atoms with E-state index in [1.165, 1.54) is 0 Å². The number of H-pyrrole nitrogens is 1. The van der Waals surface area contributed by atoms with Crippen LogP contribution in [-0.2, 0) is 13.6 Å². The second-order valence-corrected chi connectivity index (χ2v) is 4.74. The van der Waals surface area contributed by atoms with Crippen LogP contribution in [0.2, 0.25) is 0 Å². The molecule has 0 saturated carbocycles. The van der Waals surface area contributed by atoms with Crippen molar-refractivity contribution < 1.29 is 0 Å². The number of aryl methyl sites for hydroxylation is 2. The summed E-state index contributed by atoms with van der Waals surface area (Å²) in [6.07, 6.45) is 5.55. The Hall–Kier alpha value is -1.95. The molecule has 3 heterocycles. The molecule has 1 N–H and O–H groups in total. The zero-order valence-corrected chi connectivity index (χ0v) is 11.0. The molecule has 0 aliphatic heterocycles. The molecule has 18 heavy (non-hydrogen) atoms. The molecule has 3 aromatic heterocycles. The molecule has 0 bridgehead atoms. The van der Waals surface area contributed by atoms with E-state index in [-0.39, 0.29) is 0 Å². The molecule has 0 atom stereocenters. The molecular formula is C12H13N5S. The summed E-state index contributed by atoms with van der Waals surface area (Å²) in [4.78, 5) is 11.9. The summed E-state index contributed by atoms with van der Waals surface area (Å²) in [5, 5.41) is 0. The molecule has 6 heteroatoms. The lowest BCUT2D eigenvalue weighted by Gasteiger charge is -2.04. The molecule has 0 aliphatic carbocycles. The van der Waals surface area contributed by atoms with E-state index in [4.69, 9.17) is 12.2 Å². The number of imidazole rings is 2. The second kappa shape index (κ2) is 4.06. The number of pyridine rings is 1. The number of nitrogens with zero attached hydrogens (tertiary/aromatic N) is 4. The van der Waals surface area contributed by atoms with Crippen molar-refractivity contribution in [1.82, 2.24) is 24.1 Å². The van der Waals surface area contributed by atoms with Gasteiger partial charge in [-0.1, -0.05) is 0 Å². The maximum absolute atomic E-state index is 5.34. The molecule has 0 aliphatic rings. The van der Waals surface area contributed by atoms with E-state index in [0.717, 1.165) is 22.6 Å². The molecule has 0 amide bonds. The quantitative estimate of drug-likeness (QED) is 0.718. The van der Waals surface area contributed by atoms with Crippen molar-refractivity contribution in [3.05, 3.63) is 40.8 Å². The maximum atomic E-state index is 5.34. The largest absolute Gasteiger partial charge is 0.337 e. The van der Waals surface area contributed by atoms with Crippen LogP contribution in [0.25, 0.3) is 11.2 Å². The minimum Gasteiger partial charge on any atom is -0.337 e. The highest BCUT2D eigenvalue weighted by Gasteiger charge is 2.08. The van der Waals surface area contributed by atoms with Gasteiger partial charge in [0.2, 0.25) is 0 Å². The highest BCUT2D eigenvalue weighted by molar-refractivity contribution is 7.71. The van der Waals surface area contributed by atoms with E-state index in [2.05, 4.69) is 15.0 Å². The Labute approximate surface area is 109 Å². The van der Waals surface area contributed by atoms with Crippen molar-refractivity contribution in [3.63, 3.8) is 0 Å². The first-order chi connectivity index (χ1) is 8.65. The Morgan fingerprint density at radius 2 is 2.22 bits per heavy atom. The number of aromatic amines is 1. The molecule has 92 valence electrons. The zero-order chi connectivity index (χ0) is 12.7. The summed E-state index contributed by atoms with van der Waals surface area (Å²) in [7, 11) is 1.97. The third-order valence-corrected chi connectivity index (χ3v) is 3.29. The molecule has 0 aromatic carbocycles. The van der Waals surface area contributed by atoms with E-state index in [1.807, 2.05) is 41.6 Å². The molecule has 0 spiro atoms. The third kappa shape index (κ3) is 1.74. The van der Waals surface area contributed by atoms with Crippen LogP contribution in [0, 0.1) is 11.7 Å². The van der Waals surface area contributed by atoms with Gasteiger partial charge in [-0.2, -0.15) is 0 Å². The molecule has 3 aromatic rings. The Morgan fingerprint density at radius 1 is 1.39 bits per heavy atom. The summed E-state index contributed by atoms with van der Waals surface area (Å²) in [5.74, 6) is 0.953. The predicted octanol–water partition coefficient (Wildman–Crippen LogP) is 2.18. The molecular weight excluding hydrogens is 246 g/mol. The van der Waals surface area contributed by atoms with Gasteiger partial charge in [-0.25, -0.2) is 9.97 Å². The number of aromatic nitrogens is 5. The molecule has 0 saturated heterocycles. The Bertz CT molecular complexity index is 764. The van der Waals surface area contributed by atoms with E-state index < -0.39 is 0 Å². The Morgan fingerprint density at radius 3 is 2.94 bits per heavy atom. The van der Waals surface area contributed by atoms with Crippen molar-refractivity contribution >= 4 is 23.4 Å².